The van der Waals surface area contributed by atoms with Gasteiger partial charge in [0.2, 0.25) is 0 Å². The van der Waals surface area contributed by atoms with Crippen molar-refractivity contribution in [3.05, 3.63) is 16.0 Å². The fraction of sp³-hybridized carbons (Fsp3) is 0.600. The van der Waals surface area contributed by atoms with Crippen LogP contribution < -0.4 is 16.0 Å². The molecule has 1 aromatic rings. The molecular weight excluding hydrogens is 286 g/mol. The highest BCUT2D eigenvalue weighted by molar-refractivity contribution is 7.17. The number of hydrogen-bond acceptors (Lipinski definition) is 3. The van der Waals surface area contributed by atoms with E-state index >= 15 is 0 Å². The zero-order valence-electron chi connectivity index (χ0n) is 12.2. The van der Waals surface area contributed by atoms with Crippen LogP contribution in [0.3, 0.4) is 0 Å². The van der Waals surface area contributed by atoms with Crippen LogP contribution in [-0.4, -0.2) is 31.4 Å². The molecule has 0 spiro atoms. The average molecular weight is 308 g/mol. The zero-order chi connectivity index (χ0) is 14.8. The van der Waals surface area contributed by atoms with Crippen LogP contribution in [0.2, 0.25) is 0 Å². The van der Waals surface area contributed by atoms with Crippen molar-refractivity contribution in [2.24, 2.45) is 5.73 Å². The molecule has 1 fully saturated rings. The Balaban J connectivity index is 1.69. The normalized spacial score (nSPS) is 18.5. The molecule has 0 aromatic carbocycles. The van der Waals surface area contributed by atoms with Gasteiger partial charge in [-0.1, -0.05) is 0 Å². The monoisotopic (exact) mass is 308 g/mol. The Hall–Kier alpha value is -1.40. The van der Waals surface area contributed by atoms with Gasteiger partial charge in [0.15, 0.2) is 6.54 Å². The Morgan fingerprint density at radius 2 is 1.90 bits per heavy atom. The quantitative estimate of drug-likeness (QED) is 0.750. The van der Waals surface area contributed by atoms with E-state index in [1.807, 2.05) is 0 Å². The first kappa shape index (κ1) is 14.5. The first-order valence-electron chi connectivity index (χ1n) is 7.73. The number of rotatable bonds is 4. The van der Waals surface area contributed by atoms with Crippen molar-refractivity contribution >= 4 is 28.2 Å². The minimum absolute atomic E-state index is 0.00526. The third-order valence-electron chi connectivity index (χ3n) is 4.39. The number of anilines is 1. The Kier molecular flexibility index (Phi) is 4.26. The second-order valence-corrected chi connectivity index (χ2v) is 7.07. The molecule has 0 radical (unpaired) electrons. The third-order valence-corrected chi connectivity index (χ3v) is 5.60. The van der Waals surface area contributed by atoms with E-state index in [2.05, 4.69) is 5.32 Å². The van der Waals surface area contributed by atoms with Gasteiger partial charge in [-0.05, 0) is 44.1 Å². The fourth-order valence-corrected chi connectivity index (χ4v) is 4.69. The largest absolute Gasteiger partial charge is 0.365 e. The summed E-state index contributed by atoms with van der Waals surface area (Å²) in [6.07, 6.45) is 6.64. The minimum atomic E-state index is -0.421. The summed E-state index contributed by atoms with van der Waals surface area (Å²) in [6.45, 7) is 2.62. The zero-order valence-corrected chi connectivity index (χ0v) is 13.0. The summed E-state index contributed by atoms with van der Waals surface area (Å²) in [5.41, 5.74) is 7.12. The number of likely N-dealkylation sites (tertiary alicyclic amines) is 1. The highest BCUT2D eigenvalue weighted by Crippen LogP contribution is 2.38. The number of quaternary nitrogens is 1. The molecule has 1 aliphatic carbocycles. The number of thiophene rings is 1. The van der Waals surface area contributed by atoms with Crippen LogP contribution >= 0.6 is 11.3 Å². The Morgan fingerprint density at radius 1 is 1.14 bits per heavy atom. The summed E-state index contributed by atoms with van der Waals surface area (Å²) in [5.74, 6) is -0.427. The predicted molar refractivity (Wildman–Crippen MR) is 82.9 cm³/mol. The number of nitrogens with two attached hydrogens (primary N) is 1. The molecule has 1 aliphatic heterocycles. The molecule has 21 heavy (non-hydrogen) atoms. The summed E-state index contributed by atoms with van der Waals surface area (Å²) in [7, 11) is 0. The molecule has 3 rings (SSSR count). The Bertz CT molecular complexity index is 562. The van der Waals surface area contributed by atoms with Gasteiger partial charge in [0.25, 0.3) is 11.8 Å². The molecule has 2 amide bonds. The van der Waals surface area contributed by atoms with Gasteiger partial charge in [-0.2, -0.15) is 0 Å². The van der Waals surface area contributed by atoms with Crippen LogP contribution in [-0.2, 0) is 17.6 Å². The van der Waals surface area contributed by atoms with Gasteiger partial charge >= 0.3 is 0 Å². The van der Waals surface area contributed by atoms with Crippen molar-refractivity contribution in [2.45, 2.75) is 38.5 Å². The van der Waals surface area contributed by atoms with E-state index in [4.69, 9.17) is 5.73 Å². The highest BCUT2D eigenvalue weighted by Gasteiger charge is 2.27. The lowest BCUT2D eigenvalue weighted by Gasteiger charge is -2.22. The molecule has 5 nitrogen and oxygen atoms in total. The standard InChI is InChI=1S/C15H21N3O2S/c16-14(20)13-10-5-4-6-11(10)21-15(13)17-12(19)9-18-7-2-1-3-8-18/h1-9H2,(H2,16,20)(H,17,19)/p+1. The van der Waals surface area contributed by atoms with Gasteiger partial charge in [-0.3, -0.25) is 9.59 Å². The number of aryl methyl sites for hydroxylation is 1. The smallest absolute Gasteiger partial charge is 0.280 e. The van der Waals surface area contributed by atoms with E-state index < -0.39 is 5.91 Å². The van der Waals surface area contributed by atoms with Crippen LogP contribution in [0.1, 0.15) is 46.5 Å². The van der Waals surface area contributed by atoms with E-state index in [1.54, 1.807) is 0 Å². The number of fused-ring (bicyclic) bond motifs is 1. The summed E-state index contributed by atoms with van der Waals surface area (Å²) < 4.78 is 0. The van der Waals surface area contributed by atoms with E-state index in [9.17, 15) is 9.59 Å². The maximum absolute atomic E-state index is 12.2. The number of primary amides is 1. The summed E-state index contributed by atoms with van der Waals surface area (Å²) in [4.78, 5) is 26.4. The van der Waals surface area contributed by atoms with Crippen molar-refractivity contribution in [1.29, 1.82) is 0 Å². The van der Waals surface area contributed by atoms with E-state index in [-0.39, 0.29) is 5.91 Å². The number of carbonyl (C=O) groups excluding carboxylic acids is 2. The Labute approximate surface area is 128 Å². The van der Waals surface area contributed by atoms with Gasteiger partial charge in [0.1, 0.15) is 5.00 Å². The molecule has 0 unspecified atom stereocenters. The lowest BCUT2D eigenvalue weighted by Crippen LogP contribution is -3.13. The number of nitrogens with one attached hydrogen (secondary N) is 2. The van der Waals surface area contributed by atoms with Crippen LogP contribution in [0.5, 0.6) is 0 Å². The first-order chi connectivity index (χ1) is 10.1. The van der Waals surface area contributed by atoms with Crippen LogP contribution in [0.15, 0.2) is 0 Å². The van der Waals surface area contributed by atoms with Gasteiger partial charge in [-0.25, -0.2) is 0 Å². The van der Waals surface area contributed by atoms with Crippen molar-refractivity contribution in [1.82, 2.24) is 0 Å². The third kappa shape index (κ3) is 3.11. The number of hydrogen-bond donors (Lipinski definition) is 3. The molecule has 114 valence electrons. The van der Waals surface area contributed by atoms with Crippen molar-refractivity contribution in [2.75, 3.05) is 25.0 Å². The number of piperidine rings is 1. The molecule has 6 heteroatoms. The number of amides is 2. The fourth-order valence-electron chi connectivity index (χ4n) is 3.38. The van der Waals surface area contributed by atoms with Crippen LogP contribution in [0.4, 0.5) is 5.00 Å². The summed E-state index contributed by atoms with van der Waals surface area (Å²) in [6, 6.07) is 0. The minimum Gasteiger partial charge on any atom is -0.365 e. The van der Waals surface area contributed by atoms with Crippen LogP contribution in [0, 0.1) is 0 Å². The van der Waals surface area contributed by atoms with Crippen molar-refractivity contribution < 1.29 is 14.5 Å². The van der Waals surface area contributed by atoms with Crippen molar-refractivity contribution in [3.63, 3.8) is 0 Å². The summed E-state index contributed by atoms with van der Waals surface area (Å²) >= 11 is 1.53. The molecule has 0 saturated carbocycles. The van der Waals surface area contributed by atoms with Gasteiger partial charge < -0.3 is 16.0 Å². The highest BCUT2D eigenvalue weighted by atomic mass is 32.1. The topological polar surface area (TPSA) is 76.6 Å². The molecule has 1 saturated heterocycles. The lowest BCUT2D eigenvalue weighted by atomic mass is 10.1. The lowest BCUT2D eigenvalue weighted by molar-refractivity contribution is -0.896. The van der Waals surface area contributed by atoms with Gasteiger partial charge in [0.05, 0.1) is 18.7 Å². The predicted octanol–water partition coefficient (Wildman–Crippen LogP) is 0.343. The number of carbonyl (C=O) groups is 2. The second kappa shape index (κ2) is 6.15. The average Bonchev–Trinajstić information content (AvgIpc) is 2.99. The van der Waals surface area contributed by atoms with Gasteiger partial charge in [0, 0.05) is 4.88 Å². The van der Waals surface area contributed by atoms with E-state index in [1.165, 1.54) is 40.4 Å². The molecule has 0 bridgehead atoms. The maximum atomic E-state index is 12.2. The van der Waals surface area contributed by atoms with Gasteiger partial charge in [-0.15, -0.1) is 11.3 Å². The first-order valence-corrected chi connectivity index (χ1v) is 8.54. The van der Waals surface area contributed by atoms with E-state index in [0.717, 1.165) is 37.9 Å². The summed E-state index contributed by atoms with van der Waals surface area (Å²) in [5, 5.41) is 3.59. The van der Waals surface area contributed by atoms with Crippen molar-refractivity contribution in [3.8, 4) is 0 Å². The molecule has 4 N–H and O–H groups in total. The second-order valence-electron chi connectivity index (χ2n) is 5.96. The maximum Gasteiger partial charge on any atom is 0.280 e. The Morgan fingerprint density at radius 3 is 2.62 bits per heavy atom. The molecule has 2 aliphatic rings. The van der Waals surface area contributed by atoms with E-state index in [0.29, 0.717) is 17.1 Å². The molecule has 0 atom stereocenters. The van der Waals surface area contributed by atoms with Crippen LogP contribution in [0.25, 0.3) is 0 Å². The molecular formula is C15H22N3O2S+. The SMILES string of the molecule is NC(=O)c1c(NC(=O)C[NH+]2CCCCC2)sc2c1CCC2. The molecule has 2 heterocycles. The molecule has 1 aromatic heterocycles.